The fourth-order valence-corrected chi connectivity index (χ4v) is 2.26. The first-order valence-corrected chi connectivity index (χ1v) is 6.18. The molecule has 0 aromatic carbocycles. The van der Waals surface area contributed by atoms with Crippen molar-refractivity contribution in [1.29, 1.82) is 0 Å². The van der Waals surface area contributed by atoms with Gasteiger partial charge >= 0.3 is 0 Å². The smallest absolute Gasteiger partial charge is 0.243 e. The van der Waals surface area contributed by atoms with Gasteiger partial charge < -0.3 is 10.6 Å². The van der Waals surface area contributed by atoms with Crippen molar-refractivity contribution in [1.82, 2.24) is 10.3 Å². The molecule has 1 unspecified atom stereocenters. The van der Waals surface area contributed by atoms with E-state index in [9.17, 15) is 4.79 Å². The number of thiazole rings is 1. The first-order valence-electron chi connectivity index (χ1n) is 5.30. The van der Waals surface area contributed by atoms with Crippen molar-refractivity contribution >= 4 is 22.4 Å². The Labute approximate surface area is 93.1 Å². The second kappa shape index (κ2) is 5.23. The second-order valence-corrected chi connectivity index (χ2v) is 4.58. The highest BCUT2D eigenvalue weighted by atomic mass is 32.1. The van der Waals surface area contributed by atoms with E-state index in [0.29, 0.717) is 5.13 Å². The van der Waals surface area contributed by atoms with Crippen LogP contribution in [0.5, 0.6) is 0 Å². The highest BCUT2D eigenvalue weighted by Crippen LogP contribution is 2.13. The summed E-state index contributed by atoms with van der Waals surface area (Å²) in [6.07, 6.45) is 6.13. The number of nitrogens with one attached hydrogen (secondary N) is 2. The average molecular weight is 225 g/mol. The third kappa shape index (κ3) is 3.00. The van der Waals surface area contributed by atoms with Crippen molar-refractivity contribution < 1.29 is 4.79 Å². The van der Waals surface area contributed by atoms with Crippen LogP contribution in [-0.4, -0.2) is 23.5 Å². The molecule has 2 heterocycles. The zero-order chi connectivity index (χ0) is 10.5. The first-order chi connectivity index (χ1) is 7.36. The molecule has 1 aromatic rings. The minimum absolute atomic E-state index is 0.0450. The molecule has 2 N–H and O–H groups in total. The first kappa shape index (κ1) is 10.6. The quantitative estimate of drug-likeness (QED) is 0.804. The third-order valence-corrected chi connectivity index (χ3v) is 3.23. The van der Waals surface area contributed by atoms with Gasteiger partial charge in [-0.3, -0.25) is 4.79 Å². The molecule has 1 atom stereocenters. The highest BCUT2D eigenvalue weighted by Gasteiger charge is 2.19. The number of rotatable bonds is 2. The number of anilines is 1. The molecule has 0 saturated carbocycles. The number of aromatic nitrogens is 1. The summed E-state index contributed by atoms with van der Waals surface area (Å²) in [6.45, 7) is 0.940. The number of nitrogens with zero attached hydrogens (tertiary/aromatic N) is 1. The van der Waals surface area contributed by atoms with Gasteiger partial charge in [-0.15, -0.1) is 11.3 Å². The average Bonchev–Trinajstić information content (AvgIpc) is 2.58. The number of hydrogen-bond donors (Lipinski definition) is 2. The van der Waals surface area contributed by atoms with Crippen molar-refractivity contribution in [3.05, 3.63) is 11.6 Å². The molecule has 1 fully saturated rings. The van der Waals surface area contributed by atoms with Gasteiger partial charge in [0, 0.05) is 11.6 Å². The van der Waals surface area contributed by atoms with Gasteiger partial charge in [0.15, 0.2) is 5.13 Å². The maximum atomic E-state index is 11.8. The molecule has 2 rings (SSSR count). The van der Waals surface area contributed by atoms with E-state index >= 15 is 0 Å². The summed E-state index contributed by atoms with van der Waals surface area (Å²) in [7, 11) is 0. The predicted octanol–water partition coefficient (Wildman–Crippen LogP) is 1.61. The van der Waals surface area contributed by atoms with Crippen LogP contribution in [0, 0.1) is 0 Å². The highest BCUT2D eigenvalue weighted by molar-refractivity contribution is 7.13. The molecule has 1 amide bonds. The number of carbonyl (C=O) groups excluding carboxylic acids is 1. The molecule has 5 heteroatoms. The van der Waals surface area contributed by atoms with E-state index in [0.717, 1.165) is 19.4 Å². The van der Waals surface area contributed by atoms with E-state index in [-0.39, 0.29) is 11.9 Å². The van der Waals surface area contributed by atoms with Crippen LogP contribution in [-0.2, 0) is 4.79 Å². The molecule has 1 aliphatic rings. The lowest BCUT2D eigenvalue weighted by Gasteiger charge is -2.13. The summed E-state index contributed by atoms with van der Waals surface area (Å²) in [5, 5.41) is 8.63. The third-order valence-electron chi connectivity index (χ3n) is 2.54. The van der Waals surface area contributed by atoms with E-state index in [4.69, 9.17) is 0 Å². The second-order valence-electron chi connectivity index (χ2n) is 3.68. The lowest BCUT2D eigenvalue weighted by molar-refractivity contribution is -0.118. The van der Waals surface area contributed by atoms with E-state index in [2.05, 4.69) is 15.6 Å². The van der Waals surface area contributed by atoms with Crippen molar-refractivity contribution in [2.24, 2.45) is 0 Å². The molecular formula is C10H15N3OS. The fraction of sp³-hybridized carbons (Fsp3) is 0.600. The standard InChI is InChI=1S/C10H15N3OS/c14-9(13-10-12-6-7-15-10)8-4-2-1-3-5-11-8/h6-8,11H,1-5H2,(H,12,13,14). The molecule has 0 radical (unpaired) electrons. The van der Waals surface area contributed by atoms with Crippen LogP contribution >= 0.6 is 11.3 Å². The number of carbonyl (C=O) groups is 1. The maximum absolute atomic E-state index is 11.8. The summed E-state index contributed by atoms with van der Waals surface area (Å²) in [4.78, 5) is 15.8. The van der Waals surface area contributed by atoms with Crippen molar-refractivity contribution in [3.63, 3.8) is 0 Å². The molecule has 0 aliphatic carbocycles. The molecule has 4 nitrogen and oxygen atoms in total. The largest absolute Gasteiger partial charge is 0.306 e. The van der Waals surface area contributed by atoms with Crippen LogP contribution < -0.4 is 10.6 Å². The van der Waals surface area contributed by atoms with Gasteiger partial charge in [0.25, 0.3) is 0 Å². The van der Waals surface area contributed by atoms with Crippen LogP contribution in [0.25, 0.3) is 0 Å². The predicted molar refractivity (Wildman–Crippen MR) is 61.0 cm³/mol. The molecule has 1 aliphatic heterocycles. The van der Waals surface area contributed by atoms with Crippen LogP contribution in [0.1, 0.15) is 25.7 Å². The molecule has 0 bridgehead atoms. The van der Waals surface area contributed by atoms with Gasteiger partial charge in [-0.25, -0.2) is 4.98 Å². The fourth-order valence-electron chi connectivity index (χ4n) is 1.73. The normalized spacial score (nSPS) is 22.0. The van der Waals surface area contributed by atoms with E-state index in [1.54, 1.807) is 6.20 Å². The topological polar surface area (TPSA) is 54.0 Å². The van der Waals surface area contributed by atoms with Crippen LogP contribution in [0.15, 0.2) is 11.6 Å². The van der Waals surface area contributed by atoms with Gasteiger partial charge in [0.05, 0.1) is 6.04 Å². The van der Waals surface area contributed by atoms with Crippen molar-refractivity contribution in [3.8, 4) is 0 Å². The Bertz CT molecular complexity index is 304. The zero-order valence-corrected chi connectivity index (χ0v) is 9.35. The molecule has 0 spiro atoms. The Balaban J connectivity index is 1.89. The minimum atomic E-state index is -0.0450. The summed E-state index contributed by atoms with van der Waals surface area (Å²) in [5.74, 6) is 0.0480. The van der Waals surface area contributed by atoms with E-state index in [1.807, 2.05) is 5.38 Å². The lowest BCUT2D eigenvalue weighted by Crippen LogP contribution is -2.39. The Morgan fingerprint density at radius 3 is 3.27 bits per heavy atom. The number of amides is 1. The summed E-state index contributed by atoms with van der Waals surface area (Å²) >= 11 is 1.45. The molecule has 82 valence electrons. The van der Waals surface area contributed by atoms with Gasteiger partial charge in [-0.05, 0) is 19.4 Å². The Kier molecular flexibility index (Phi) is 3.69. The Morgan fingerprint density at radius 1 is 1.53 bits per heavy atom. The van der Waals surface area contributed by atoms with Crippen molar-refractivity contribution in [2.75, 3.05) is 11.9 Å². The van der Waals surface area contributed by atoms with E-state index in [1.165, 1.54) is 24.2 Å². The van der Waals surface area contributed by atoms with Gasteiger partial charge in [-0.1, -0.05) is 12.8 Å². The summed E-state index contributed by atoms with van der Waals surface area (Å²) in [5.41, 5.74) is 0. The van der Waals surface area contributed by atoms with Gasteiger partial charge in [-0.2, -0.15) is 0 Å². The lowest BCUT2D eigenvalue weighted by atomic mass is 10.1. The van der Waals surface area contributed by atoms with Crippen LogP contribution in [0.2, 0.25) is 0 Å². The SMILES string of the molecule is O=C(Nc1nccs1)C1CCCCCN1. The number of hydrogen-bond acceptors (Lipinski definition) is 4. The molecule has 1 saturated heterocycles. The van der Waals surface area contributed by atoms with Gasteiger partial charge in [0.2, 0.25) is 5.91 Å². The molecule has 1 aromatic heterocycles. The summed E-state index contributed by atoms with van der Waals surface area (Å²) in [6, 6.07) is -0.0450. The van der Waals surface area contributed by atoms with Crippen molar-refractivity contribution in [2.45, 2.75) is 31.7 Å². The molecular weight excluding hydrogens is 210 g/mol. The van der Waals surface area contributed by atoms with Gasteiger partial charge in [0.1, 0.15) is 0 Å². The van der Waals surface area contributed by atoms with E-state index < -0.39 is 0 Å². The Hall–Kier alpha value is -0.940. The van der Waals surface area contributed by atoms with Crippen LogP contribution in [0.3, 0.4) is 0 Å². The van der Waals surface area contributed by atoms with Crippen LogP contribution in [0.4, 0.5) is 5.13 Å². The zero-order valence-electron chi connectivity index (χ0n) is 8.53. The minimum Gasteiger partial charge on any atom is -0.306 e. The Morgan fingerprint density at radius 2 is 2.47 bits per heavy atom. The maximum Gasteiger partial charge on any atom is 0.243 e. The molecule has 15 heavy (non-hydrogen) atoms. The monoisotopic (exact) mass is 225 g/mol. The summed E-state index contributed by atoms with van der Waals surface area (Å²) < 4.78 is 0.